The molecule has 0 saturated heterocycles. The number of aromatic hydroxyl groups is 1. The molecule has 0 amide bonds. The highest BCUT2D eigenvalue weighted by atomic mass is 16.5. The standard InChI is InChI=1S/C11H11N3O4/c1-2-18-11(16)8-3-5-9(6-4-8)14-12-10(15)7-13(14)17/h3-7H,2H2,1H3,(H,12,15). The Labute approximate surface area is 102 Å². The van der Waals surface area contributed by atoms with Crippen molar-refractivity contribution in [2.75, 3.05) is 6.61 Å². The Morgan fingerprint density at radius 3 is 2.67 bits per heavy atom. The molecule has 0 bridgehead atoms. The summed E-state index contributed by atoms with van der Waals surface area (Å²) in [5, 5.41) is 24.0. The minimum Gasteiger partial charge on any atom is -0.692 e. The SMILES string of the molecule is CCOC(=O)c1ccc(-n2nc(O)c[n+]2[O-])cc1. The van der Waals surface area contributed by atoms with Crippen molar-refractivity contribution < 1.29 is 19.5 Å². The van der Waals surface area contributed by atoms with Gasteiger partial charge in [0.2, 0.25) is 6.20 Å². The molecule has 0 aliphatic heterocycles. The van der Waals surface area contributed by atoms with E-state index in [0.29, 0.717) is 22.7 Å². The van der Waals surface area contributed by atoms with Gasteiger partial charge in [-0.15, -0.1) is 4.85 Å². The molecular weight excluding hydrogens is 238 g/mol. The van der Waals surface area contributed by atoms with Gasteiger partial charge in [0.1, 0.15) is 5.69 Å². The van der Waals surface area contributed by atoms with E-state index in [4.69, 9.17) is 9.84 Å². The maximum Gasteiger partial charge on any atom is 0.393 e. The van der Waals surface area contributed by atoms with Crippen molar-refractivity contribution in [2.45, 2.75) is 6.92 Å². The minimum atomic E-state index is -0.428. The summed E-state index contributed by atoms with van der Waals surface area (Å²) in [6.45, 7) is 2.02. The van der Waals surface area contributed by atoms with Gasteiger partial charge in [-0.05, 0) is 36.0 Å². The van der Waals surface area contributed by atoms with Crippen LogP contribution in [0.3, 0.4) is 0 Å². The first-order chi connectivity index (χ1) is 8.61. The molecule has 7 nitrogen and oxygen atoms in total. The van der Waals surface area contributed by atoms with E-state index in [0.717, 1.165) is 11.0 Å². The molecule has 0 atom stereocenters. The lowest BCUT2D eigenvalue weighted by Gasteiger charge is -2.04. The zero-order valence-corrected chi connectivity index (χ0v) is 9.61. The van der Waals surface area contributed by atoms with Gasteiger partial charge in [0.25, 0.3) is 0 Å². The van der Waals surface area contributed by atoms with E-state index >= 15 is 0 Å². The van der Waals surface area contributed by atoms with Crippen LogP contribution < -0.4 is 4.85 Å². The monoisotopic (exact) mass is 249 g/mol. The van der Waals surface area contributed by atoms with Crippen LogP contribution in [0.25, 0.3) is 5.69 Å². The van der Waals surface area contributed by atoms with Gasteiger partial charge in [0, 0.05) is 0 Å². The van der Waals surface area contributed by atoms with Crippen molar-refractivity contribution in [3.05, 3.63) is 41.2 Å². The van der Waals surface area contributed by atoms with Gasteiger partial charge in [-0.25, -0.2) is 4.79 Å². The van der Waals surface area contributed by atoms with Gasteiger partial charge in [0.15, 0.2) is 0 Å². The first kappa shape index (κ1) is 11.9. The summed E-state index contributed by atoms with van der Waals surface area (Å²) in [7, 11) is 0. The Balaban J connectivity index is 2.27. The number of aromatic nitrogens is 3. The van der Waals surface area contributed by atoms with E-state index < -0.39 is 5.97 Å². The highest BCUT2D eigenvalue weighted by Gasteiger charge is 2.13. The van der Waals surface area contributed by atoms with Crippen LogP contribution in [0.4, 0.5) is 0 Å². The Bertz CT molecular complexity index is 562. The lowest BCUT2D eigenvalue weighted by molar-refractivity contribution is -0.688. The third kappa shape index (κ3) is 2.24. The zero-order chi connectivity index (χ0) is 13.1. The van der Waals surface area contributed by atoms with E-state index in [2.05, 4.69) is 5.10 Å². The molecule has 7 heteroatoms. The number of carbonyl (C=O) groups is 1. The molecule has 2 rings (SSSR count). The fourth-order valence-corrected chi connectivity index (χ4v) is 1.44. The predicted molar refractivity (Wildman–Crippen MR) is 60.1 cm³/mol. The third-order valence-corrected chi connectivity index (χ3v) is 2.22. The number of hydrogen-bond acceptors (Lipinski definition) is 5. The summed E-state index contributed by atoms with van der Waals surface area (Å²) >= 11 is 0. The van der Waals surface area contributed by atoms with Gasteiger partial charge in [-0.3, -0.25) is 0 Å². The molecule has 1 aromatic heterocycles. The number of carbonyl (C=O) groups excluding carboxylic acids is 1. The fraction of sp³-hybridized carbons (Fsp3) is 0.182. The highest BCUT2D eigenvalue weighted by Crippen LogP contribution is 2.09. The molecule has 0 radical (unpaired) electrons. The average Bonchev–Trinajstić information content (AvgIpc) is 2.69. The summed E-state index contributed by atoms with van der Waals surface area (Å²) in [5.41, 5.74) is 0.813. The van der Waals surface area contributed by atoms with Gasteiger partial charge < -0.3 is 15.1 Å². The van der Waals surface area contributed by atoms with Crippen LogP contribution in [0, 0.1) is 5.21 Å². The molecule has 0 saturated carbocycles. The molecule has 0 spiro atoms. The Morgan fingerprint density at radius 2 is 2.17 bits per heavy atom. The summed E-state index contributed by atoms with van der Waals surface area (Å²) in [6.07, 6.45) is 0.930. The molecule has 0 aliphatic rings. The van der Waals surface area contributed by atoms with E-state index in [-0.39, 0.29) is 5.88 Å². The number of rotatable bonds is 3. The Hall–Kier alpha value is -2.57. The number of benzene rings is 1. The average molecular weight is 249 g/mol. The van der Waals surface area contributed by atoms with Crippen molar-refractivity contribution in [1.82, 2.24) is 9.90 Å². The molecule has 1 aromatic carbocycles. The summed E-state index contributed by atoms with van der Waals surface area (Å²) in [6, 6.07) is 6.11. The number of hydrogen-bond donors (Lipinski definition) is 1. The third-order valence-electron chi connectivity index (χ3n) is 2.22. The molecule has 94 valence electrons. The molecule has 0 aliphatic carbocycles. The topological polar surface area (TPSA) is 91.3 Å². The van der Waals surface area contributed by atoms with E-state index in [9.17, 15) is 10.0 Å². The number of esters is 1. The maximum absolute atomic E-state index is 11.4. The van der Waals surface area contributed by atoms with Crippen molar-refractivity contribution in [1.29, 1.82) is 0 Å². The first-order valence-electron chi connectivity index (χ1n) is 5.28. The van der Waals surface area contributed by atoms with Crippen LogP contribution in [-0.2, 0) is 4.74 Å². The van der Waals surface area contributed by atoms with Crippen LogP contribution in [0.2, 0.25) is 0 Å². The van der Waals surface area contributed by atoms with Gasteiger partial charge in [0.05, 0.1) is 17.3 Å². The van der Waals surface area contributed by atoms with E-state index in [1.165, 1.54) is 24.3 Å². The van der Waals surface area contributed by atoms with Gasteiger partial charge in [-0.2, -0.15) is 0 Å². The Morgan fingerprint density at radius 1 is 1.50 bits per heavy atom. The lowest BCUT2D eigenvalue weighted by atomic mass is 10.2. The van der Waals surface area contributed by atoms with Crippen LogP contribution >= 0.6 is 0 Å². The zero-order valence-electron chi connectivity index (χ0n) is 9.61. The van der Waals surface area contributed by atoms with Crippen molar-refractivity contribution >= 4 is 5.97 Å². The highest BCUT2D eigenvalue weighted by molar-refractivity contribution is 5.89. The van der Waals surface area contributed by atoms with Crippen LogP contribution in [-0.4, -0.2) is 27.6 Å². The first-order valence-corrected chi connectivity index (χ1v) is 5.28. The lowest BCUT2D eigenvalue weighted by Crippen LogP contribution is -2.36. The smallest absolute Gasteiger partial charge is 0.393 e. The maximum atomic E-state index is 11.4. The largest absolute Gasteiger partial charge is 0.692 e. The second-order valence-electron chi connectivity index (χ2n) is 3.45. The van der Waals surface area contributed by atoms with Gasteiger partial charge in [-0.1, -0.05) is 0 Å². The molecule has 0 fully saturated rings. The molecular formula is C11H11N3O4. The van der Waals surface area contributed by atoms with Crippen LogP contribution in [0.1, 0.15) is 17.3 Å². The quantitative estimate of drug-likeness (QED) is 0.482. The molecule has 2 aromatic rings. The summed E-state index contributed by atoms with van der Waals surface area (Å²) in [4.78, 5) is 12.8. The molecule has 1 heterocycles. The summed E-state index contributed by atoms with van der Waals surface area (Å²) < 4.78 is 4.83. The van der Waals surface area contributed by atoms with Crippen molar-refractivity contribution in [2.24, 2.45) is 0 Å². The van der Waals surface area contributed by atoms with Crippen molar-refractivity contribution in [3.63, 3.8) is 0 Å². The molecule has 18 heavy (non-hydrogen) atoms. The number of nitrogens with zero attached hydrogens (tertiary/aromatic N) is 3. The molecule has 0 unspecified atom stereocenters. The van der Waals surface area contributed by atoms with Gasteiger partial charge >= 0.3 is 11.8 Å². The predicted octanol–water partition coefficient (Wildman–Crippen LogP) is 0.388. The fourth-order valence-electron chi connectivity index (χ4n) is 1.44. The number of ether oxygens (including phenoxy) is 1. The second kappa shape index (κ2) is 4.74. The van der Waals surface area contributed by atoms with Crippen molar-refractivity contribution in [3.8, 4) is 11.6 Å². The van der Waals surface area contributed by atoms with E-state index in [1.54, 1.807) is 6.92 Å². The summed E-state index contributed by atoms with van der Waals surface area (Å²) in [5.74, 6) is -0.804. The van der Waals surface area contributed by atoms with E-state index in [1.807, 2.05) is 0 Å². The second-order valence-corrected chi connectivity index (χ2v) is 3.45. The Kier molecular flexibility index (Phi) is 3.13. The van der Waals surface area contributed by atoms with Crippen LogP contribution in [0.5, 0.6) is 5.88 Å². The molecule has 1 N–H and O–H groups in total. The minimum absolute atomic E-state index is 0.300. The van der Waals surface area contributed by atoms with Crippen LogP contribution in [0.15, 0.2) is 30.5 Å². The normalized spacial score (nSPS) is 10.3.